The van der Waals surface area contributed by atoms with Crippen LogP contribution in [0, 0.1) is 10.1 Å². The number of benzene rings is 1. The van der Waals surface area contributed by atoms with Crippen molar-refractivity contribution >= 4 is 17.3 Å². The van der Waals surface area contributed by atoms with Crippen molar-refractivity contribution in [2.45, 2.75) is 45.4 Å². The van der Waals surface area contributed by atoms with Crippen molar-refractivity contribution < 1.29 is 14.5 Å². The van der Waals surface area contributed by atoms with Crippen LogP contribution < -0.4 is 11.1 Å². The van der Waals surface area contributed by atoms with Gasteiger partial charge in [-0.2, -0.15) is 0 Å². The van der Waals surface area contributed by atoms with E-state index < -0.39 is 28.6 Å². The number of rotatable bonds is 5. The molecule has 0 spiro atoms. The number of nitro groups is 1. The molecule has 0 aliphatic rings. The van der Waals surface area contributed by atoms with Crippen LogP contribution in [0.2, 0.25) is 0 Å². The van der Waals surface area contributed by atoms with Crippen molar-refractivity contribution in [3.8, 4) is 0 Å². The summed E-state index contributed by atoms with van der Waals surface area (Å²) < 4.78 is 5.63. The van der Waals surface area contributed by atoms with Gasteiger partial charge in [0.2, 0.25) is 5.91 Å². The second-order valence-corrected chi connectivity index (χ2v) is 5.75. The zero-order valence-electron chi connectivity index (χ0n) is 12.6. The number of nitrogens with zero attached hydrogens (tertiary/aromatic N) is 1. The van der Waals surface area contributed by atoms with Gasteiger partial charge in [0.1, 0.15) is 6.04 Å². The van der Waals surface area contributed by atoms with Crippen LogP contribution in [0.5, 0.6) is 0 Å². The fourth-order valence-corrected chi connectivity index (χ4v) is 1.74. The molecule has 1 amide bonds. The highest BCUT2D eigenvalue weighted by Crippen LogP contribution is 2.17. The van der Waals surface area contributed by atoms with Crippen molar-refractivity contribution in [1.29, 1.82) is 0 Å². The Morgan fingerprint density at radius 3 is 2.29 bits per heavy atom. The predicted octanol–water partition coefficient (Wildman–Crippen LogP) is 2.06. The maximum atomic E-state index is 12.0. The van der Waals surface area contributed by atoms with Crippen LogP contribution in [0.1, 0.15) is 27.7 Å². The smallest absolute Gasteiger partial charge is 0.269 e. The van der Waals surface area contributed by atoms with Crippen LogP contribution in [-0.4, -0.2) is 28.6 Å². The molecule has 3 N–H and O–H groups in total. The Kier molecular flexibility index (Phi) is 5.40. The van der Waals surface area contributed by atoms with E-state index in [0.29, 0.717) is 5.69 Å². The van der Waals surface area contributed by atoms with Gasteiger partial charge in [-0.3, -0.25) is 14.9 Å². The molecule has 0 aliphatic carbocycles. The summed E-state index contributed by atoms with van der Waals surface area (Å²) in [5, 5.41) is 13.2. The number of nitrogens with two attached hydrogens (primary N) is 1. The number of nitro benzene ring substituents is 1. The molecule has 1 aromatic carbocycles. The van der Waals surface area contributed by atoms with E-state index in [1.165, 1.54) is 24.3 Å². The van der Waals surface area contributed by atoms with Gasteiger partial charge < -0.3 is 15.8 Å². The van der Waals surface area contributed by atoms with Crippen LogP contribution in [-0.2, 0) is 9.53 Å². The molecule has 0 saturated heterocycles. The van der Waals surface area contributed by atoms with Gasteiger partial charge in [-0.15, -0.1) is 0 Å². The number of hydrogen-bond acceptors (Lipinski definition) is 5. The Morgan fingerprint density at radius 2 is 1.86 bits per heavy atom. The highest BCUT2D eigenvalue weighted by atomic mass is 16.6. The molecule has 0 unspecified atom stereocenters. The van der Waals surface area contributed by atoms with Gasteiger partial charge in [0, 0.05) is 17.8 Å². The van der Waals surface area contributed by atoms with E-state index in [2.05, 4.69) is 5.32 Å². The summed E-state index contributed by atoms with van der Waals surface area (Å²) in [5.74, 6) is -0.402. The van der Waals surface area contributed by atoms with Gasteiger partial charge in [0.05, 0.1) is 16.6 Å². The van der Waals surface area contributed by atoms with Crippen LogP contribution in [0.15, 0.2) is 24.3 Å². The summed E-state index contributed by atoms with van der Waals surface area (Å²) in [4.78, 5) is 22.1. The third kappa shape index (κ3) is 5.49. The second-order valence-electron chi connectivity index (χ2n) is 5.75. The lowest BCUT2D eigenvalue weighted by Crippen LogP contribution is -2.47. The van der Waals surface area contributed by atoms with E-state index in [1.54, 1.807) is 6.92 Å². The summed E-state index contributed by atoms with van der Waals surface area (Å²) in [5.41, 5.74) is 5.86. The molecule has 0 heterocycles. The Morgan fingerprint density at radius 1 is 1.33 bits per heavy atom. The van der Waals surface area contributed by atoms with E-state index in [9.17, 15) is 14.9 Å². The van der Waals surface area contributed by atoms with Gasteiger partial charge in [0.15, 0.2) is 0 Å². The highest BCUT2D eigenvalue weighted by Gasteiger charge is 2.25. The fourth-order valence-electron chi connectivity index (χ4n) is 1.74. The number of non-ortho nitro benzene ring substituents is 1. The van der Waals surface area contributed by atoms with E-state index in [4.69, 9.17) is 10.5 Å². The molecule has 1 aromatic rings. The van der Waals surface area contributed by atoms with Gasteiger partial charge in [-0.1, -0.05) is 0 Å². The van der Waals surface area contributed by atoms with Gasteiger partial charge in [0.25, 0.3) is 5.69 Å². The molecule has 0 saturated carbocycles. The first-order valence-electron chi connectivity index (χ1n) is 6.59. The first-order valence-corrected chi connectivity index (χ1v) is 6.59. The minimum Gasteiger partial charge on any atom is -0.371 e. The summed E-state index contributed by atoms with van der Waals surface area (Å²) in [6, 6.07) is 4.71. The van der Waals surface area contributed by atoms with Crippen LogP contribution in [0.4, 0.5) is 11.4 Å². The molecule has 0 aromatic heterocycles. The molecule has 7 heteroatoms. The standard InChI is InChI=1S/C14H21N3O4/c1-9(21-14(2,3)4)12(15)13(18)16-10-5-7-11(8-6-10)17(19)20/h5-9,12H,15H2,1-4H3,(H,16,18)/t9-,12-/m1/s1. The summed E-state index contributed by atoms with van der Waals surface area (Å²) >= 11 is 0. The quantitative estimate of drug-likeness (QED) is 0.638. The molecule has 7 nitrogen and oxygen atoms in total. The first-order chi connectivity index (χ1) is 9.60. The number of ether oxygens (including phenoxy) is 1. The van der Waals surface area contributed by atoms with E-state index in [0.717, 1.165) is 0 Å². The third-order valence-corrected chi connectivity index (χ3v) is 2.69. The van der Waals surface area contributed by atoms with Gasteiger partial charge in [-0.05, 0) is 39.8 Å². The van der Waals surface area contributed by atoms with Crippen LogP contribution in [0.25, 0.3) is 0 Å². The van der Waals surface area contributed by atoms with Crippen LogP contribution in [0.3, 0.4) is 0 Å². The lowest BCUT2D eigenvalue weighted by molar-refractivity contribution is -0.384. The zero-order chi connectivity index (χ0) is 16.2. The van der Waals surface area contributed by atoms with E-state index >= 15 is 0 Å². The lowest BCUT2D eigenvalue weighted by Gasteiger charge is -2.28. The Balaban J connectivity index is 2.65. The molecule has 2 atom stereocenters. The largest absolute Gasteiger partial charge is 0.371 e. The number of carbonyl (C=O) groups is 1. The molecular weight excluding hydrogens is 274 g/mol. The average Bonchev–Trinajstić information content (AvgIpc) is 2.36. The zero-order valence-corrected chi connectivity index (χ0v) is 12.6. The monoisotopic (exact) mass is 295 g/mol. The minimum atomic E-state index is -0.834. The average molecular weight is 295 g/mol. The maximum absolute atomic E-state index is 12.0. The van der Waals surface area contributed by atoms with Crippen molar-refractivity contribution in [3.05, 3.63) is 34.4 Å². The fraction of sp³-hybridized carbons (Fsp3) is 0.500. The lowest BCUT2D eigenvalue weighted by atomic mass is 10.1. The van der Waals surface area contributed by atoms with Crippen LogP contribution >= 0.6 is 0 Å². The van der Waals surface area contributed by atoms with E-state index in [-0.39, 0.29) is 5.69 Å². The van der Waals surface area contributed by atoms with Crippen molar-refractivity contribution in [2.24, 2.45) is 5.73 Å². The first kappa shape index (κ1) is 17.1. The maximum Gasteiger partial charge on any atom is 0.269 e. The Labute approximate surface area is 123 Å². The van der Waals surface area contributed by atoms with Gasteiger partial charge >= 0.3 is 0 Å². The summed E-state index contributed by atoms with van der Waals surface area (Å²) in [6.45, 7) is 7.37. The summed E-state index contributed by atoms with van der Waals surface area (Å²) in [7, 11) is 0. The van der Waals surface area contributed by atoms with Gasteiger partial charge in [-0.25, -0.2) is 0 Å². The topological polar surface area (TPSA) is 107 Å². The second kappa shape index (κ2) is 6.64. The normalized spacial score (nSPS) is 14.3. The molecular formula is C14H21N3O4. The molecule has 0 radical (unpaired) electrons. The third-order valence-electron chi connectivity index (χ3n) is 2.69. The SMILES string of the molecule is C[C@@H](OC(C)(C)C)[C@@H](N)C(=O)Nc1ccc([N+](=O)[O-])cc1. The van der Waals surface area contributed by atoms with Crippen molar-refractivity contribution in [2.75, 3.05) is 5.32 Å². The number of carbonyl (C=O) groups excluding carboxylic acids is 1. The van der Waals surface area contributed by atoms with E-state index in [1.807, 2.05) is 20.8 Å². The highest BCUT2D eigenvalue weighted by molar-refractivity contribution is 5.95. The minimum absolute atomic E-state index is 0.0401. The molecule has 0 bridgehead atoms. The number of nitrogens with one attached hydrogen (secondary N) is 1. The molecule has 21 heavy (non-hydrogen) atoms. The van der Waals surface area contributed by atoms with Crippen molar-refractivity contribution in [3.63, 3.8) is 0 Å². The number of amides is 1. The molecule has 1 rings (SSSR count). The molecule has 116 valence electrons. The number of hydrogen-bond donors (Lipinski definition) is 2. The summed E-state index contributed by atoms with van der Waals surface area (Å²) in [6.07, 6.45) is -0.456. The Bertz CT molecular complexity index is 508. The van der Waals surface area contributed by atoms with Crippen molar-refractivity contribution in [1.82, 2.24) is 0 Å². The predicted molar refractivity (Wildman–Crippen MR) is 80.0 cm³/mol. The molecule has 0 fully saturated rings. The number of anilines is 1. The molecule has 0 aliphatic heterocycles. The Hall–Kier alpha value is -1.99.